The first-order valence-electron chi connectivity index (χ1n) is 7.66. The third-order valence-electron chi connectivity index (χ3n) is 3.62. The van der Waals surface area contributed by atoms with E-state index in [0.717, 1.165) is 16.9 Å². The quantitative estimate of drug-likeness (QED) is 0.777. The van der Waals surface area contributed by atoms with Crippen LogP contribution in [0.25, 0.3) is 6.08 Å². The molecular weight excluding hydrogens is 312 g/mol. The SMILES string of the molecule is COc1ccc(CN[C@H](/C=C/c2ccccc2)[C@@H](O)C(F)F)cc1. The lowest BCUT2D eigenvalue weighted by Crippen LogP contribution is -2.42. The second kappa shape index (κ2) is 9.15. The van der Waals surface area contributed by atoms with Crippen LogP contribution in [0.2, 0.25) is 0 Å². The van der Waals surface area contributed by atoms with E-state index in [2.05, 4.69) is 5.32 Å². The first-order valence-corrected chi connectivity index (χ1v) is 7.66. The summed E-state index contributed by atoms with van der Waals surface area (Å²) >= 11 is 0. The van der Waals surface area contributed by atoms with Crippen molar-refractivity contribution in [3.05, 3.63) is 71.8 Å². The monoisotopic (exact) mass is 333 g/mol. The lowest BCUT2D eigenvalue weighted by Gasteiger charge is -2.21. The highest BCUT2D eigenvalue weighted by atomic mass is 19.3. The molecule has 0 spiro atoms. The van der Waals surface area contributed by atoms with Gasteiger partial charge in [0.15, 0.2) is 0 Å². The van der Waals surface area contributed by atoms with Crippen molar-refractivity contribution in [3.63, 3.8) is 0 Å². The zero-order valence-electron chi connectivity index (χ0n) is 13.4. The van der Waals surface area contributed by atoms with Gasteiger partial charge in [-0.05, 0) is 23.3 Å². The molecule has 2 N–H and O–H groups in total. The van der Waals surface area contributed by atoms with E-state index in [9.17, 15) is 13.9 Å². The van der Waals surface area contributed by atoms with Crippen molar-refractivity contribution in [3.8, 4) is 5.75 Å². The Hall–Kier alpha value is -2.24. The Morgan fingerprint density at radius 3 is 2.33 bits per heavy atom. The summed E-state index contributed by atoms with van der Waals surface area (Å²) in [5, 5.41) is 12.7. The normalized spacial score (nSPS) is 14.0. The van der Waals surface area contributed by atoms with Gasteiger partial charge in [0.25, 0.3) is 6.43 Å². The molecule has 0 saturated carbocycles. The number of halogens is 2. The van der Waals surface area contributed by atoms with Crippen LogP contribution < -0.4 is 10.1 Å². The number of benzene rings is 2. The minimum absolute atomic E-state index is 0.359. The van der Waals surface area contributed by atoms with Crippen molar-refractivity contribution in [2.45, 2.75) is 25.1 Å². The first-order chi connectivity index (χ1) is 11.6. The molecule has 3 nitrogen and oxygen atoms in total. The van der Waals surface area contributed by atoms with Gasteiger partial charge >= 0.3 is 0 Å². The summed E-state index contributed by atoms with van der Waals surface area (Å²) in [6, 6.07) is 15.8. The number of methoxy groups -OCH3 is 1. The van der Waals surface area contributed by atoms with Crippen LogP contribution in [0.3, 0.4) is 0 Å². The fourth-order valence-corrected chi connectivity index (χ4v) is 2.22. The number of aliphatic hydroxyl groups excluding tert-OH is 1. The van der Waals surface area contributed by atoms with Crippen molar-refractivity contribution in [1.29, 1.82) is 0 Å². The number of ether oxygens (including phenoxy) is 1. The molecule has 0 aromatic heterocycles. The van der Waals surface area contributed by atoms with Crippen LogP contribution in [0.15, 0.2) is 60.7 Å². The number of rotatable bonds is 8. The van der Waals surface area contributed by atoms with Crippen molar-refractivity contribution in [2.75, 3.05) is 7.11 Å². The molecule has 0 aliphatic heterocycles. The predicted molar refractivity (Wildman–Crippen MR) is 91.1 cm³/mol. The van der Waals surface area contributed by atoms with E-state index >= 15 is 0 Å². The van der Waals surface area contributed by atoms with Gasteiger partial charge in [0.1, 0.15) is 11.9 Å². The van der Waals surface area contributed by atoms with E-state index in [1.165, 1.54) is 0 Å². The minimum atomic E-state index is -2.82. The van der Waals surface area contributed by atoms with Crippen LogP contribution in [-0.2, 0) is 6.54 Å². The summed E-state index contributed by atoms with van der Waals surface area (Å²) in [6.45, 7) is 0.359. The van der Waals surface area contributed by atoms with E-state index < -0.39 is 18.6 Å². The molecule has 2 rings (SSSR count). The molecule has 0 saturated heterocycles. The standard InChI is InChI=1S/C19H21F2NO2/c1-24-16-10-7-15(8-11-16)13-22-17(18(23)19(20)21)12-9-14-5-3-2-4-6-14/h2-12,17-19,22-23H,13H2,1H3/b12-9+/t17-,18-/m1/s1. The molecule has 0 bridgehead atoms. The van der Waals surface area contributed by atoms with E-state index in [1.54, 1.807) is 31.4 Å². The Bertz CT molecular complexity index is 630. The summed E-state index contributed by atoms with van der Waals surface area (Å²) < 4.78 is 30.9. The highest BCUT2D eigenvalue weighted by Gasteiger charge is 2.25. The van der Waals surface area contributed by atoms with Gasteiger partial charge in [-0.1, -0.05) is 54.6 Å². The highest BCUT2D eigenvalue weighted by molar-refractivity contribution is 5.49. The molecule has 24 heavy (non-hydrogen) atoms. The predicted octanol–water partition coefficient (Wildman–Crippen LogP) is 3.49. The lowest BCUT2D eigenvalue weighted by atomic mass is 10.1. The minimum Gasteiger partial charge on any atom is -0.497 e. The molecule has 0 amide bonds. The average molecular weight is 333 g/mol. The molecule has 0 aliphatic rings. The third-order valence-corrected chi connectivity index (χ3v) is 3.62. The second-order valence-corrected chi connectivity index (χ2v) is 5.35. The van der Waals surface area contributed by atoms with Gasteiger partial charge in [-0.25, -0.2) is 8.78 Å². The van der Waals surface area contributed by atoms with Crippen molar-refractivity contribution < 1.29 is 18.6 Å². The molecule has 2 aromatic rings. The maximum atomic E-state index is 12.9. The van der Waals surface area contributed by atoms with Gasteiger partial charge < -0.3 is 15.2 Å². The Kier molecular flexibility index (Phi) is 6.90. The average Bonchev–Trinajstić information content (AvgIpc) is 2.62. The molecule has 0 aliphatic carbocycles. The maximum Gasteiger partial charge on any atom is 0.265 e. The number of hydrogen-bond donors (Lipinski definition) is 2. The van der Waals surface area contributed by atoms with Crippen LogP contribution in [0, 0.1) is 0 Å². The van der Waals surface area contributed by atoms with E-state index in [4.69, 9.17) is 4.74 Å². The molecule has 0 heterocycles. The van der Waals surface area contributed by atoms with Crippen LogP contribution in [0.1, 0.15) is 11.1 Å². The van der Waals surface area contributed by atoms with E-state index in [0.29, 0.717) is 6.54 Å². The molecule has 2 atom stereocenters. The summed E-state index contributed by atoms with van der Waals surface area (Å²) in [5.41, 5.74) is 1.80. The zero-order valence-corrected chi connectivity index (χ0v) is 13.4. The van der Waals surface area contributed by atoms with Gasteiger partial charge in [-0.15, -0.1) is 0 Å². The Labute approximate surface area is 140 Å². The smallest absolute Gasteiger partial charge is 0.265 e. The maximum absolute atomic E-state index is 12.9. The molecule has 0 unspecified atom stereocenters. The molecule has 0 fully saturated rings. The van der Waals surface area contributed by atoms with Gasteiger partial charge in [0.05, 0.1) is 13.2 Å². The van der Waals surface area contributed by atoms with Crippen molar-refractivity contribution in [1.82, 2.24) is 5.32 Å². The third kappa shape index (κ3) is 5.44. The largest absolute Gasteiger partial charge is 0.497 e. The number of hydrogen-bond acceptors (Lipinski definition) is 3. The topological polar surface area (TPSA) is 41.5 Å². The van der Waals surface area contributed by atoms with Gasteiger partial charge in [0.2, 0.25) is 0 Å². The van der Waals surface area contributed by atoms with Crippen LogP contribution >= 0.6 is 0 Å². The Morgan fingerprint density at radius 1 is 1.08 bits per heavy atom. The summed E-state index contributed by atoms with van der Waals surface area (Å²) in [7, 11) is 1.58. The van der Waals surface area contributed by atoms with Crippen molar-refractivity contribution in [2.24, 2.45) is 0 Å². The molecule has 2 aromatic carbocycles. The van der Waals surface area contributed by atoms with Crippen LogP contribution in [-0.4, -0.2) is 30.8 Å². The summed E-state index contributed by atoms with van der Waals surface area (Å²) in [6.07, 6.45) is -1.31. The van der Waals surface area contributed by atoms with Crippen LogP contribution in [0.4, 0.5) is 8.78 Å². The first kappa shape index (κ1) is 18.1. The van der Waals surface area contributed by atoms with Crippen molar-refractivity contribution >= 4 is 6.08 Å². The molecule has 0 radical (unpaired) electrons. The van der Waals surface area contributed by atoms with Gasteiger partial charge in [0, 0.05) is 6.54 Å². The van der Waals surface area contributed by atoms with Gasteiger partial charge in [-0.2, -0.15) is 0 Å². The van der Waals surface area contributed by atoms with E-state index in [-0.39, 0.29) is 0 Å². The van der Waals surface area contributed by atoms with Crippen LogP contribution in [0.5, 0.6) is 5.75 Å². The number of aliphatic hydroxyl groups is 1. The summed E-state index contributed by atoms with van der Waals surface area (Å²) in [4.78, 5) is 0. The molecular formula is C19H21F2NO2. The number of nitrogens with one attached hydrogen (secondary N) is 1. The van der Waals surface area contributed by atoms with E-state index in [1.807, 2.05) is 42.5 Å². The second-order valence-electron chi connectivity index (χ2n) is 5.35. The fraction of sp³-hybridized carbons (Fsp3) is 0.263. The number of alkyl halides is 2. The molecule has 128 valence electrons. The Balaban J connectivity index is 2.04. The Morgan fingerprint density at radius 2 is 1.75 bits per heavy atom. The molecule has 5 heteroatoms. The highest BCUT2D eigenvalue weighted by Crippen LogP contribution is 2.13. The lowest BCUT2D eigenvalue weighted by molar-refractivity contribution is -0.0171. The zero-order chi connectivity index (χ0) is 17.4. The van der Waals surface area contributed by atoms with Gasteiger partial charge in [-0.3, -0.25) is 0 Å². The fourth-order valence-electron chi connectivity index (χ4n) is 2.22. The summed E-state index contributed by atoms with van der Waals surface area (Å²) in [5.74, 6) is 0.729.